The summed E-state index contributed by atoms with van der Waals surface area (Å²) in [5.41, 5.74) is 2.15. The molecule has 100 valence electrons. The van der Waals surface area contributed by atoms with Gasteiger partial charge in [0.15, 0.2) is 0 Å². The molecule has 2 heteroatoms. The van der Waals surface area contributed by atoms with Crippen molar-refractivity contribution in [3.63, 3.8) is 0 Å². The molecule has 3 atom stereocenters. The van der Waals surface area contributed by atoms with Crippen molar-refractivity contribution in [2.24, 2.45) is 11.8 Å². The minimum absolute atomic E-state index is 0.116. The first-order valence-corrected chi connectivity index (χ1v) is 7.33. The highest BCUT2D eigenvalue weighted by molar-refractivity contribution is 5.88. The van der Waals surface area contributed by atoms with Gasteiger partial charge < -0.3 is 0 Å². The molecule has 0 spiro atoms. The van der Waals surface area contributed by atoms with Crippen molar-refractivity contribution in [2.45, 2.75) is 24.7 Å². The van der Waals surface area contributed by atoms with Crippen molar-refractivity contribution in [1.82, 2.24) is 4.98 Å². The second kappa shape index (κ2) is 4.27. The maximum absolute atomic E-state index is 12.4. The summed E-state index contributed by atoms with van der Waals surface area (Å²) in [6, 6.07) is 16.6. The summed E-state index contributed by atoms with van der Waals surface area (Å²) >= 11 is 0. The van der Waals surface area contributed by atoms with Crippen LogP contribution in [0.4, 0.5) is 0 Å². The lowest BCUT2D eigenvalue weighted by Crippen LogP contribution is -2.35. The molecule has 0 radical (unpaired) electrons. The molecule has 2 bridgehead atoms. The second-order valence-electron chi connectivity index (χ2n) is 5.95. The maximum atomic E-state index is 12.4. The van der Waals surface area contributed by atoms with Crippen LogP contribution in [-0.4, -0.2) is 10.8 Å². The Morgan fingerprint density at radius 3 is 2.40 bits per heavy atom. The van der Waals surface area contributed by atoms with E-state index in [0.29, 0.717) is 11.7 Å². The van der Waals surface area contributed by atoms with Crippen LogP contribution in [-0.2, 0) is 10.2 Å². The van der Waals surface area contributed by atoms with Gasteiger partial charge in [-0.2, -0.15) is 0 Å². The number of Topliss-reactive ketones (excluding diaryl/α,β-unsaturated/α-hetero) is 1. The van der Waals surface area contributed by atoms with E-state index in [4.69, 9.17) is 0 Å². The average molecular weight is 263 g/mol. The Hall–Kier alpha value is -1.96. The molecule has 2 saturated carbocycles. The monoisotopic (exact) mass is 263 g/mol. The van der Waals surface area contributed by atoms with E-state index in [1.807, 2.05) is 24.4 Å². The molecule has 1 heterocycles. The molecule has 1 aromatic carbocycles. The van der Waals surface area contributed by atoms with Crippen molar-refractivity contribution in [3.05, 3.63) is 66.0 Å². The predicted molar refractivity (Wildman–Crippen MR) is 77.3 cm³/mol. The number of hydrogen-bond acceptors (Lipinski definition) is 2. The predicted octanol–water partition coefficient (Wildman–Crippen LogP) is 3.37. The van der Waals surface area contributed by atoms with E-state index in [-0.39, 0.29) is 11.3 Å². The fourth-order valence-electron chi connectivity index (χ4n) is 4.46. The van der Waals surface area contributed by atoms with Gasteiger partial charge in [0.2, 0.25) is 0 Å². The summed E-state index contributed by atoms with van der Waals surface area (Å²) in [5, 5.41) is 0. The molecular formula is C18H17NO. The number of nitrogens with zero attached hydrogens (tertiary/aromatic N) is 1. The zero-order valence-corrected chi connectivity index (χ0v) is 11.3. The number of carbonyl (C=O) groups is 1. The lowest BCUT2D eigenvalue weighted by Gasteiger charge is -2.34. The summed E-state index contributed by atoms with van der Waals surface area (Å²) in [6.45, 7) is 0. The molecule has 2 aliphatic carbocycles. The molecule has 0 unspecified atom stereocenters. The lowest BCUT2D eigenvalue weighted by molar-refractivity contribution is -0.122. The standard InChI is InChI=1S/C18H17NO/c20-16-12-14-9-10-15(16)18(14,13-6-2-1-3-7-13)17-8-4-5-11-19-17/h1-8,11,14-15H,9-10,12H2/t14-,15+,18+/m1/s1. The van der Waals surface area contributed by atoms with E-state index < -0.39 is 0 Å². The van der Waals surface area contributed by atoms with E-state index >= 15 is 0 Å². The van der Waals surface area contributed by atoms with Gasteiger partial charge in [0.05, 0.1) is 11.1 Å². The van der Waals surface area contributed by atoms with E-state index in [1.54, 1.807) is 0 Å². The summed E-state index contributed by atoms with van der Waals surface area (Å²) < 4.78 is 0. The Morgan fingerprint density at radius 1 is 1.00 bits per heavy atom. The highest BCUT2D eigenvalue weighted by atomic mass is 16.1. The molecule has 4 rings (SSSR count). The Bertz CT molecular complexity index is 595. The molecule has 2 nitrogen and oxygen atoms in total. The molecule has 0 saturated heterocycles. The highest BCUT2D eigenvalue weighted by Crippen LogP contribution is 2.60. The third kappa shape index (κ3) is 1.39. The molecule has 2 fully saturated rings. The third-order valence-corrected chi connectivity index (χ3v) is 5.17. The van der Waals surface area contributed by atoms with Crippen LogP contribution in [0.1, 0.15) is 30.5 Å². The summed E-state index contributed by atoms with van der Waals surface area (Å²) in [7, 11) is 0. The fraction of sp³-hybridized carbons (Fsp3) is 0.333. The van der Waals surface area contributed by atoms with Gasteiger partial charge in [0.1, 0.15) is 5.78 Å². The van der Waals surface area contributed by atoms with E-state index in [1.165, 1.54) is 5.56 Å². The third-order valence-electron chi connectivity index (χ3n) is 5.17. The highest BCUT2D eigenvalue weighted by Gasteiger charge is 2.61. The van der Waals surface area contributed by atoms with Crippen LogP contribution in [0.2, 0.25) is 0 Å². The first-order chi connectivity index (χ1) is 9.83. The van der Waals surface area contributed by atoms with Gasteiger partial charge in [0.25, 0.3) is 0 Å². The van der Waals surface area contributed by atoms with Crippen LogP contribution < -0.4 is 0 Å². The maximum Gasteiger partial charge on any atom is 0.137 e. The van der Waals surface area contributed by atoms with Gasteiger partial charge in [-0.25, -0.2) is 0 Å². The topological polar surface area (TPSA) is 30.0 Å². The molecule has 1 aromatic heterocycles. The Morgan fingerprint density at radius 2 is 1.80 bits per heavy atom. The van der Waals surface area contributed by atoms with Crippen molar-refractivity contribution in [3.8, 4) is 0 Å². The van der Waals surface area contributed by atoms with Crippen LogP contribution in [0.3, 0.4) is 0 Å². The Labute approximate surface area is 118 Å². The molecule has 0 amide bonds. The number of carbonyl (C=O) groups excluding carboxylic acids is 1. The number of benzene rings is 1. The van der Waals surface area contributed by atoms with Crippen molar-refractivity contribution >= 4 is 5.78 Å². The normalized spacial score (nSPS) is 31.7. The fourth-order valence-corrected chi connectivity index (χ4v) is 4.46. The van der Waals surface area contributed by atoms with Crippen LogP contribution in [0.25, 0.3) is 0 Å². The molecule has 0 N–H and O–H groups in total. The number of aromatic nitrogens is 1. The van der Waals surface area contributed by atoms with Crippen LogP contribution in [0.15, 0.2) is 54.7 Å². The van der Waals surface area contributed by atoms with Crippen LogP contribution in [0.5, 0.6) is 0 Å². The smallest absolute Gasteiger partial charge is 0.137 e. The van der Waals surface area contributed by atoms with Crippen LogP contribution >= 0.6 is 0 Å². The lowest BCUT2D eigenvalue weighted by atomic mass is 9.69. The largest absolute Gasteiger partial charge is 0.299 e. The van der Waals surface area contributed by atoms with Gasteiger partial charge >= 0.3 is 0 Å². The summed E-state index contributed by atoms with van der Waals surface area (Å²) in [6.07, 6.45) is 4.72. The SMILES string of the molecule is O=C1C[C@H]2CC[C@@H]1[C@@]2(c1ccccc1)c1ccccn1. The number of rotatable bonds is 2. The summed E-state index contributed by atoms with van der Waals surface area (Å²) in [4.78, 5) is 17.0. The second-order valence-corrected chi connectivity index (χ2v) is 5.95. The quantitative estimate of drug-likeness (QED) is 0.831. The van der Waals surface area contributed by atoms with Gasteiger partial charge in [-0.1, -0.05) is 36.4 Å². The van der Waals surface area contributed by atoms with E-state index in [0.717, 1.165) is 25.0 Å². The molecule has 20 heavy (non-hydrogen) atoms. The zero-order valence-electron chi connectivity index (χ0n) is 11.3. The number of ketones is 1. The van der Waals surface area contributed by atoms with Crippen LogP contribution in [0, 0.1) is 11.8 Å². The van der Waals surface area contributed by atoms with Gasteiger partial charge in [-0.3, -0.25) is 9.78 Å². The van der Waals surface area contributed by atoms with Crippen molar-refractivity contribution < 1.29 is 4.79 Å². The number of pyridine rings is 1. The zero-order chi connectivity index (χ0) is 13.6. The van der Waals surface area contributed by atoms with Gasteiger partial charge in [0, 0.05) is 18.5 Å². The number of hydrogen-bond donors (Lipinski definition) is 0. The molecule has 2 aromatic rings. The van der Waals surface area contributed by atoms with Gasteiger partial charge in [-0.05, 0) is 36.5 Å². The summed E-state index contributed by atoms with van der Waals surface area (Å²) in [5.74, 6) is 0.956. The Balaban J connectivity index is 1.98. The molecule has 2 aliphatic rings. The Kier molecular flexibility index (Phi) is 2.53. The van der Waals surface area contributed by atoms with Gasteiger partial charge in [-0.15, -0.1) is 0 Å². The van der Waals surface area contributed by atoms with Crippen molar-refractivity contribution in [2.75, 3.05) is 0 Å². The van der Waals surface area contributed by atoms with E-state index in [2.05, 4.69) is 35.3 Å². The van der Waals surface area contributed by atoms with Crippen molar-refractivity contribution in [1.29, 1.82) is 0 Å². The average Bonchev–Trinajstić information content (AvgIpc) is 3.01. The van der Waals surface area contributed by atoms with E-state index in [9.17, 15) is 4.79 Å². The molecular weight excluding hydrogens is 246 g/mol. The molecule has 0 aliphatic heterocycles. The minimum atomic E-state index is -0.181. The number of fused-ring (bicyclic) bond motifs is 2. The first kappa shape index (κ1) is 11.8. The first-order valence-electron chi connectivity index (χ1n) is 7.33. The minimum Gasteiger partial charge on any atom is -0.299 e.